The second-order valence-electron chi connectivity index (χ2n) is 5.81. The van der Waals surface area contributed by atoms with E-state index in [1.54, 1.807) is 4.90 Å². The number of nitrogens with zero attached hydrogens (tertiary/aromatic N) is 1. The predicted molar refractivity (Wildman–Crippen MR) is 67.1 cm³/mol. The summed E-state index contributed by atoms with van der Waals surface area (Å²) in [4.78, 5) is 25.4. The normalized spacial score (nSPS) is 32.2. The van der Waals surface area contributed by atoms with Crippen molar-refractivity contribution < 1.29 is 14.7 Å². The maximum Gasteiger partial charge on any atom is 0.308 e. The van der Waals surface area contributed by atoms with Crippen molar-refractivity contribution in [1.29, 1.82) is 0 Å². The van der Waals surface area contributed by atoms with Crippen LogP contribution in [-0.2, 0) is 9.59 Å². The van der Waals surface area contributed by atoms with Crippen LogP contribution in [0.3, 0.4) is 0 Å². The van der Waals surface area contributed by atoms with Gasteiger partial charge in [-0.25, -0.2) is 0 Å². The Balaban J connectivity index is 2.09. The van der Waals surface area contributed by atoms with Gasteiger partial charge in [-0.3, -0.25) is 9.59 Å². The topological polar surface area (TPSA) is 69.6 Å². The van der Waals surface area contributed by atoms with Gasteiger partial charge in [-0.2, -0.15) is 0 Å². The van der Waals surface area contributed by atoms with Crippen LogP contribution in [-0.4, -0.2) is 48.1 Å². The van der Waals surface area contributed by atoms with E-state index < -0.39 is 5.97 Å². The number of amides is 1. The largest absolute Gasteiger partial charge is 0.481 e. The van der Waals surface area contributed by atoms with Crippen LogP contribution in [0.1, 0.15) is 26.7 Å². The van der Waals surface area contributed by atoms with Crippen molar-refractivity contribution in [2.45, 2.75) is 26.7 Å². The number of hydrogen-bond acceptors (Lipinski definition) is 3. The van der Waals surface area contributed by atoms with Gasteiger partial charge in [0, 0.05) is 19.6 Å². The summed E-state index contributed by atoms with van der Waals surface area (Å²) in [6, 6.07) is 0. The molecule has 2 aliphatic rings. The second kappa shape index (κ2) is 4.88. The van der Waals surface area contributed by atoms with Gasteiger partial charge in [-0.15, -0.1) is 0 Å². The molecule has 2 fully saturated rings. The minimum Gasteiger partial charge on any atom is -0.481 e. The van der Waals surface area contributed by atoms with Crippen molar-refractivity contribution in [3.63, 3.8) is 0 Å². The standard InChI is InChI=1S/C13H22N2O3/c1-9(2)13(4-5-14-8-13)12(18)15-6-3-10(7-15)11(16)17/h9-10,14H,3-8H2,1-2H3,(H,16,17). The van der Waals surface area contributed by atoms with E-state index in [0.29, 0.717) is 19.5 Å². The van der Waals surface area contributed by atoms with Gasteiger partial charge in [0.15, 0.2) is 0 Å². The van der Waals surface area contributed by atoms with Crippen molar-refractivity contribution >= 4 is 11.9 Å². The molecule has 5 heteroatoms. The Bertz CT molecular complexity index is 348. The Morgan fingerprint density at radius 1 is 1.44 bits per heavy atom. The summed E-state index contributed by atoms with van der Waals surface area (Å²) in [7, 11) is 0. The lowest BCUT2D eigenvalue weighted by atomic mass is 9.75. The van der Waals surface area contributed by atoms with Crippen LogP contribution in [0.15, 0.2) is 0 Å². The molecule has 2 atom stereocenters. The number of likely N-dealkylation sites (tertiary alicyclic amines) is 1. The SMILES string of the molecule is CC(C)C1(C(=O)N2CCC(C(=O)O)C2)CCNC1. The number of rotatable bonds is 3. The van der Waals surface area contributed by atoms with Gasteiger partial charge in [0.2, 0.25) is 5.91 Å². The van der Waals surface area contributed by atoms with E-state index in [0.717, 1.165) is 19.5 Å². The molecule has 2 heterocycles. The van der Waals surface area contributed by atoms with Crippen LogP contribution in [0.4, 0.5) is 0 Å². The quantitative estimate of drug-likeness (QED) is 0.772. The molecule has 0 aromatic rings. The van der Waals surface area contributed by atoms with Crippen molar-refractivity contribution in [2.75, 3.05) is 26.2 Å². The molecule has 0 saturated carbocycles. The average Bonchev–Trinajstić information content (AvgIpc) is 2.98. The summed E-state index contributed by atoms with van der Waals surface area (Å²) < 4.78 is 0. The van der Waals surface area contributed by atoms with Gasteiger partial charge in [0.1, 0.15) is 0 Å². The van der Waals surface area contributed by atoms with E-state index in [4.69, 9.17) is 5.11 Å². The highest BCUT2D eigenvalue weighted by molar-refractivity contribution is 5.85. The second-order valence-corrected chi connectivity index (χ2v) is 5.81. The highest BCUT2D eigenvalue weighted by Gasteiger charge is 2.47. The molecule has 5 nitrogen and oxygen atoms in total. The maximum atomic E-state index is 12.7. The van der Waals surface area contributed by atoms with Crippen LogP contribution in [0, 0.1) is 17.3 Å². The molecule has 2 rings (SSSR count). The first-order valence-corrected chi connectivity index (χ1v) is 6.70. The van der Waals surface area contributed by atoms with Crippen molar-refractivity contribution in [3.05, 3.63) is 0 Å². The Morgan fingerprint density at radius 3 is 2.61 bits per heavy atom. The summed E-state index contributed by atoms with van der Waals surface area (Å²) in [5.41, 5.74) is -0.326. The Morgan fingerprint density at radius 2 is 2.17 bits per heavy atom. The van der Waals surface area contributed by atoms with Gasteiger partial charge in [0.05, 0.1) is 11.3 Å². The van der Waals surface area contributed by atoms with E-state index in [-0.39, 0.29) is 23.2 Å². The molecular weight excluding hydrogens is 232 g/mol. The molecule has 0 aliphatic carbocycles. The monoisotopic (exact) mass is 254 g/mol. The van der Waals surface area contributed by atoms with Crippen molar-refractivity contribution in [1.82, 2.24) is 10.2 Å². The maximum absolute atomic E-state index is 12.7. The minimum atomic E-state index is -0.784. The van der Waals surface area contributed by atoms with E-state index in [2.05, 4.69) is 19.2 Å². The highest BCUT2D eigenvalue weighted by atomic mass is 16.4. The first-order valence-electron chi connectivity index (χ1n) is 6.70. The molecule has 2 N–H and O–H groups in total. The molecule has 0 aromatic heterocycles. The van der Waals surface area contributed by atoms with E-state index in [9.17, 15) is 9.59 Å². The number of hydrogen-bond donors (Lipinski definition) is 2. The fourth-order valence-corrected chi connectivity index (χ4v) is 3.09. The van der Waals surface area contributed by atoms with Crippen LogP contribution >= 0.6 is 0 Å². The molecule has 102 valence electrons. The van der Waals surface area contributed by atoms with Crippen LogP contribution in [0.2, 0.25) is 0 Å². The summed E-state index contributed by atoms with van der Waals surface area (Å²) in [6.45, 7) is 6.72. The number of carbonyl (C=O) groups excluding carboxylic acids is 1. The molecule has 18 heavy (non-hydrogen) atoms. The zero-order valence-corrected chi connectivity index (χ0v) is 11.1. The van der Waals surface area contributed by atoms with Gasteiger partial charge >= 0.3 is 5.97 Å². The van der Waals surface area contributed by atoms with Gasteiger partial charge < -0.3 is 15.3 Å². The number of aliphatic carboxylic acids is 1. The lowest BCUT2D eigenvalue weighted by Gasteiger charge is -2.35. The summed E-state index contributed by atoms with van der Waals surface area (Å²) in [5, 5.41) is 12.3. The summed E-state index contributed by atoms with van der Waals surface area (Å²) in [6.07, 6.45) is 1.44. The first-order chi connectivity index (χ1) is 8.47. The van der Waals surface area contributed by atoms with E-state index >= 15 is 0 Å². The zero-order chi connectivity index (χ0) is 13.3. The average molecular weight is 254 g/mol. The summed E-state index contributed by atoms with van der Waals surface area (Å²) >= 11 is 0. The first kappa shape index (κ1) is 13.3. The molecule has 2 aliphatic heterocycles. The minimum absolute atomic E-state index is 0.145. The highest BCUT2D eigenvalue weighted by Crippen LogP contribution is 2.37. The smallest absolute Gasteiger partial charge is 0.308 e. The van der Waals surface area contributed by atoms with Gasteiger partial charge in [-0.1, -0.05) is 13.8 Å². The molecule has 1 amide bonds. The van der Waals surface area contributed by atoms with Crippen LogP contribution in [0.5, 0.6) is 0 Å². The molecule has 2 saturated heterocycles. The van der Waals surface area contributed by atoms with Crippen molar-refractivity contribution in [3.8, 4) is 0 Å². The number of carboxylic acid groups (broad SMARTS) is 1. The Kier molecular flexibility index (Phi) is 3.61. The van der Waals surface area contributed by atoms with Gasteiger partial charge in [-0.05, 0) is 25.3 Å². The van der Waals surface area contributed by atoms with Gasteiger partial charge in [0.25, 0.3) is 0 Å². The fourth-order valence-electron chi connectivity index (χ4n) is 3.09. The molecule has 0 radical (unpaired) electrons. The third-order valence-corrected chi connectivity index (χ3v) is 4.54. The number of carboxylic acids is 1. The van der Waals surface area contributed by atoms with Crippen molar-refractivity contribution in [2.24, 2.45) is 17.3 Å². The molecule has 0 bridgehead atoms. The zero-order valence-electron chi connectivity index (χ0n) is 11.1. The summed E-state index contributed by atoms with van der Waals surface area (Å²) in [5.74, 6) is -0.740. The Hall–Kier alpha value is -1.10. The molecule has 2 unspecified atom stereocenters. The molecular formula is C13H22N2O3. The number of nitrogens with one attached hydrogen (secondary N) is 1. The van der Waals surface area contributed by atoms with Crippen LogP contribution < -0.4 is 5.32 Å². The lowest BCUT2D eigenvalue weighted by molar-refractivity contribution is -0.144. The molecule has 0 spiro atoms. The number of carbonyl (C=O) groups is 2. The van der Waals surface area contributed by atoms with E-state index in [1.165, 1.54) is 0 Å². The lowest BCUT2D eigenvalue weighted by Crippen LogP contribution is -2.47. The third-order valence-electron chi connectivity index (χ3n) is 4.54. The fraction of sp³-hybridized carbons (Fsp3) is 0.846. The third kappa shape index (κ3) is 2.11. The van der Waals surface area contributed by atoms with E-state index in [1.807, 2.05) is 0 Å². The molecule has 0 aromatic carbocycles. The predicted octanol–water partition coefficient (Wildman–Crippen LogP) is 0.555. The Labute approximate surface area is 108 Å². The van der Waals surface area contributed by atoms with Crippen LogP contribution in [0.25, 0.3) is 0 Å².